The minimum atomic E-state index is -1.13. The van der Waals surface area contributed by atoms with Crippen molar-refractivity contribution < 1.29 is 19.4 Å². The molecule has 32 heavy (non-hydrogen) atoms. The first-order chi connectivity index (χ1) is 15.5. The average molecular weight is 467 g/mol. The molecule has 0 aliphatic carbocycles. The van der Waals surface area contributed by atoms with E-state index >= 15 is 0 Å². The van der Waals surface area contributed by atoms with Crippen LogP contribution in [0.5, 0.6) is 0 Å². The van der Waals surface area contributed by atoms with Crippen LogP contribution in [-0.4, -0.2) is 62.0 Å². The van der Waals surface area contributed by atoms with E-state index in [1.165, 1.54) is 62.9 Å². The third-order valence-electron chi connectivity index (χ3n) is 5.00. The summed E-state index contributed by atoms with van der Waals surface area (Å²) in [5.41, 5.74) is 6.92. The monoisotopic (exact) mass is 466 g/mol. The zero-order valence-corrected chi connectivity index (χ0v) is 19.7. The molecule has 11 heteroatoms. The Balaban J connectivity index is 1.91. The van der Waals surface area contributed by atoms with Crippen molar-refractivity contribution in [1.29, 1.82) is 0 Å². The second-order valence-electron chi connectivity index (χ2n) is 7.58. The van der Waals surface area contributed by atoms with Crippen LogP contribution in [0.4, 0.5) is 5.95 Å². The topological polar surface area (TPSA) is 145 Å². The molecule has 178 valence electrons. The molecule has 0 saturated carbocycles. The number of carbonyl (C=O) groups is 2. The Morgan fingerprint density at radius 2 is 1.88 bits per heavy atom. The molecule has 0 aromatic carbocycles. The number of aromatic nitrogens is 4. The molecule has 4 N–H and O–H groups in total. The van der Waals surface area contributed by atoms with Gasteiger partial charge in [0.05, 0.1) is 20.0 Å². The minimum Gasteiger partial charge on any atom is -0.467 e. The molecule has 0 aliphatic rings. The summed E-state index contributed by atoms with van der Waals surface area (Å²) in [6, 6.07) is -1.13. The van der Waals surface area contributed by atoms with Gasteiger partial charge in [0.25, 0.3) is 0 Å². The lowest BCUT2D eigenvalue weighted by Crippen LogP contribution is -2.45. The Labute approximate surface area is 192 Å². The van der Waals surface area contributed by atoms with Gasteiger partial charge in [0.15, 0.2) is 11.7 Å². The molecule has 0 radical (unpaired) electrons. The van der Waals surface area contributed by atoms with Crippen LogP contribution in [0.15, 0.2) is 11.4 Å². The number of nitrogen functional groups attached to an aromatic ring is 1. The van der Waals surface area contributed by atoms with Gasteiger partial charge in [0.2, 0.25) is 11.9 Å². The van der Waals surface area contributed by atoms with Gasteiger partial charge in [-0.15, -0.1) is 11.8 Å². The standard InChI is InChI=1S/C21H34N6O4S/c1-3-4-5-6-7-8-9-10-11-32-19-17-18(25-21(22)26-19)27(14-23-17)12-16(29)24-15(13-28)20(30)31-2/h14-15,28H,3-13H2,1-2H3,(H,24,29)(H2,22,25,26)/t15-/m0/s1. The predicted molar refractivity (Wildman–Crippen MR) is 124 cm³/mol. The second kappa shape index (κ2) is 13.9. The van der Waals surface area contributed by atoms with E-state index in [2.05, 4.69) is 31.9 Å². The number of nitrogens with one attached hydrogen (secondary N) is 1. The van der Waals surface area contributed by atoms with Gasteiger partial charge >= 0.3 is 5.97 Å². The highest BCUT2D eigenvalue weighted by Gasteiger charge is 2.21. The normalized spacial score (nSPS) is 12.1. The van der Waals surface area contributed by atoms with Gasteiger partial charge in [0.1, 0.15) is 17.1 Å². The molecule has 2 heterocycles. The van der Waals surface area contributed by atoms with E-state index in [-0.39, 0.29) is 12.5 Å². The summed E-state index contributed by atoms with van der Waals surface area (Å²) in [6.07, 6.45) is 11.5. The molecule has 0 spiro atoms. The van der Waals surface area contributed by atoms with Gasteiger partial charge in [-0.2, -0.15) is 4.98 Å². The van der Waals surface area contributed by atoms with E-state index < -0.39 is 24.5 Å². The maximum atomic E-state index is 12.3. The molecule has 0 unspecified atom stereocenters. The number of ether oxygens (including phenoxy) is 1. The number of fused-ring (bicyclic) bond motifs is 1. The zero-order chi connectivity index (χ0) is 23.3. The lowest BCUT2D eigenvalue weighted by atomic mass is 10.1. The summed E-state index contributed by atoms with van der Waals surface area (Å²) in [5.74, 6) is -0.187. The van der Waals surface area contributed by atoms with Gasteiger partial charge in [0, 0.05) is 0 Å². The van der Waals surface area contributed by atoms with E-state index in [1.807, 2.05) is 0 Å². The molecule has 0 aliphatic heterocycles. The van der Waals surface area contributed by atoms with Gasteiger partial charge in [-0.1, -0.05) is 51.9 Å². The first-order valence-electron chi connectivity index (χ1n) is 11.1. The largest absolute Gasteiger partial charge is 0.467 e. The number of rotatable bonds is 15. The van der Waals surface area contributed by atoms with Crippen molar-refractivity contribution in [2.24, 2.45) is 0 Å². The smallest absolute Gasteiger partial charge is 0.330 e. The van der Waals surface area contributed by atoms with Crippen LogP contribution in [0, 0.1) is 0 Å². The first-order valence-corrected chi connectivity index (χ1v) is 12.1. The molecular formula is C21H34N6O4S. The number of anilines is 1. The van der Waals surface area contributed by atoms with Crippen LogP contribution < -0.4 is 11.1 Å². The fourth-order valence-electron chi connectivity index (χ4n) is 3.27. The number of methoxy groups -OCH3 is 1. The van der Waals surface area contributed by atoms with E-state index in [1.54, 1.807) is 11.8 Å². The molecule has 2 rings (SSSR count). The van der Waals surface area contributed by atoms with Crippen LogP contribution in [0.1, 0.15) is 58.3 Å². The summed E-state index contributed by atoms with van der Waals surface area (Å²) in [4.78, 5) is 36.8. The lowest BCUT2D eigenvalue weighted by Gasteiger charge is -2.14. The van der Waals surface area contributed by atoms with Crippen molar-refractivity contribution in [1.82, 2.24) is 24.8 Å². The fourth-order valence-corrected chi connectivity index (χ4v) is 4.25. The highest BCUT2D eigenvalue weighted by Crippen LogP contribution is 2.26. The summed E-state index contributed by atoms with van der Waals surface area (Å²) in [7, 11) is 1.19. The Morgan fingerprint density at radius 1 is 1.19 bits per heavy atom. The zero-order valence-electron chi connectivity index (χ0n) is 18.9. The number of thioether (sulfide) groups is 1. The maximum absolute atomic E-state index is 12.3. The van der Waals surface area contributed by atoms with Gasteiger partial charge < -0.3 is 25.5 Å². The third kappa shape index (κ3) is 7.94. The van der Waals surface area contributed by atoms with Gasteiger partial charge in [-0.25, -0.2) is 14.8 Å². The summed E-state index contributed by atoms with van der Waals surface area (Å²) < 4.78 is 6.09. The number of unbranched alkanes of at least 4 members (excludes halogenated alkanes) is 7. The van der Waals surface area contributed by atoms with Crippen molar-refractivity contribution in [3.8, 4) is 0 Å². The summed E-state index contributed by atoms with van der Waals surface area (Å²) in [6.45, 7) is 1.53. The number of esters is 1. The Hall–Kier alpha value is -2.40. The van der Waals surface area contributed by atoms with E-state index in [0.717, 1.165) is 12.2 Å². The molecule has 1 atom stereocenters. The lowest BCUT2D eigenvalue weighted by molar-refractivity contribution is -0.146. The Kier molecular flexibility index (Phi) is 11.2. The minimum absolute atomic E-state index is 0.112. The van der Waals surface area contributed by atoms with Crippen molar-refractivity contribution in [3.05, 3.63) is 6.33 Å². The number of nitrogens with two attached hydrogens (primary N) is 1. The number of hydrogen-bond donors (Lipinski definition) is 3. The molecule has 10 nitrogen and oxygen atoms in total. The van der Waals surface area contributed by atoms with Crippen molar-refractivity contribution in [2.75, 3.05) is 25.2 Å². The van der Waals surface area contributed by atoms with Crippen molar-refractivity contribution in [2.45, 2.75) is 75.9 Å². The van der Waals surface area contributed by atoms with Crippen LogP contribution in [0.25, 0.3) is 11.2 Å². The number of hydrogen-bond acceptors (Lipinski definition) is 9. The van der Waals surface area contributed by atoms with E-state index in [0.29, 0.717) is 16.2 Å². The second-order valence-corrected chi connectivity index (χ2v) is 8.66. The Morgan fingerprint density at radius 3 is 2.53 bits per heavy atom. The number of imidazole rings is 1. The van der Waals surface area contributed by atoms with Gasteiger partial charge in [-0.05, 0) is 12.2 Å². The molecule has 1 amide bonds. The quantitative estimate of drug-likeness (QED) is 0.156. The number of amides is 1. The van der Waals surface area contributed by atoms with Crippen molar-refractivity contribution in [3.63, 3.8) is 0 Å². The SMILES string of the molecule is CCCCCCCCCCSc1nc(N)nc2c1ncn2CC(=O)N[C@@H](CO)C(=O)OC. The van der Waals surface area contributed by atoms with Crippen molar-refractivity contribution >= 4 is 40.8 Å². The first kappa shape index (κ1) is 25.9. The van der Waals surface area contributed by atoms with E-state index in [9.17, 15) is 14.7 Å². The number of nitrogens with zero attached hydrogens (tertiary/aromatic N) is 4. The molecule has 2 aromatic rings. The summed E-state index contributed by atoms with van der Waals surface area (Å²) in [5, 5.41) is 12.4. The van der Waals surface area contributed by atoms with Crippen LogP contribution in [-0.2, 0) is 20.9 Å². The Bertz CT molecular complexity index is 875. The van der Waals surface area contributed by atoms with Crippen LogP contribution in [0.3, 0.4) is 0 Å². The highest BCUT2D eigenvalue weighted by atomic mass is 32.2. The molecule has 2 aromatic heterocycles. The third-order valence-corrected chi connectivity index (χ3v) is 6.05. The molecule has 0 bridgehead atoms. The summed E-state index contributed by atoms with van der Waals surface area (Å²) >= 11 is 1.59. The van der Waals surface area contributed by atoms with E-state index in [4.69, 9.17) is 5.73 Å². The van der Waals surface area contributed by atoms with Gasteiger partial charge in [-0.3, -0.25) is 4.79 Å². The molecular weight excluding hydrogens is 432 g/mol. The maximum Gasteiger partial charge on any atom is 0.330 e. The predicted octanol–water partition coefficient (Wildman–Crippen LogP) is 2.29. The molecule has 0 saturated heterocycles. The average Bonchev–Trinajstić information content (AvgIpc) is 3.18. The number of aliphatic hydroxyl groups excluding tert-OH is 1. The van der Waals surface area contributed by atoms with Crippen LogP contribution in [0.2, 0.25) is 0 Å². The van der Waals surface area contributed by atoms with Crippen LogP contribution >= 0.6 is 11.8 Å². The number of aliphatic hydroxyl groups is 1. The fraction of sp³-hybridized carbons (Fsp3) is 0.667. The highest BCUT2D eigenvalue weighted by molar-refractivity contribution is 7.99. The number of carbonyl (C=O) groups excluding carboxylic acids is 2. The molecule has 0 fully saturated rings.